The van der Waals surface area contributed by atoms with Crippen molar-refractivity contribution in [3.63, 3.8) is 0 Å². The minimum absolute atomic E-state index is 0.134. The van der Waals surface area contributed by atoms with Crippen LogP contribution in [0.3, 0.4) is 0 Å². The smallest absolute Gasteiger partial charge is 0.223 e. The van der Waals surface area contributed by atoms with Gasteiger partial charge >= 0.3 is 0 Å². The van der Waals surface area contributed by atoms with Crippen LogP contribution >= 0.6 is 11.6 Å². The zero-order valence-electron chi connectivity index (χ0n) is 14.3. The fraction of sp³-hybridized carbons (Fsp3) is 0.263. The molecule has 0 aliphatic carbocycles. The van der Waals surface area contributed by atoms with E-state index in [1.807, 2.05) is 30.3 Å². The van der Waals surface area contributed by atoms with Gasteiger partial charge in [0.1, 0.15) is 6.61 Å². The Morgan fingerprint density at radius 1 is 1.23 bits per heavy atom. The molecule has 1 aliphatic heterocycles. The maximum absolute atomic E-state index is 10.5. The molecule has 0 amide bonds. The van der Waals surface area contributed by atoms with Gasteiger partial charge in [-0.2, -0.15) is 4.98 Å². The molecule has 0 radical (unpaired) electrons. The van der Waals surface area contributed by atoms with E-state index in [-0.39, 0.29) is 5.75 Å². The lowest BCUT2D eigenvalue weighted by molar-refractivity contribution is 0.211. The molecule has 6 nitrogen and oxygen atoms in total. The molecule has 134 valence electrons. The van der Waals surface area contributed by atoms with E-state index in [1.165, 1.54) is 0 Å². The number of hydrogen-bond acceptors (Lipinski definition) is 6. The van der Waals surface area contributed by atoms with Gasteiger partial charge in [0.25, 0.3) is 0 Å². The van der Waals surface area contributed by atoms with Crippen LogP contribution in [0.2, 0.25) is 5.02 Å². The van der Waals surface area contributed by atoms with E-state index in [0.717, 1.165) is 16.7 Å². The summed E-state index contributed by atoms with van der Waals surface area (Å²) >= 11 is 6.10. The van der Waals surface area contributed by atoms with Gasteiger partial charge in [0.15, 0.2) is 17.3 Å². The molecule has 0 saturated heterocycles. The van der Waals surface area contributed by atoms with Gasteiger partial charge in [-0.1, -0.05) is 28.9 Å². The molecule has 2 aromatic carbocycles. The molecular formula is C19H18ClN3O3. The number of aromatic hydroxyl groups is 1. The van der Waals surface area contributed by atoms with Gasteiger partial charge in [0.2, 0.25) is 5.89 Å². The quantitative estimate of drug-likeness (QED) is 0.755. The Morgan fingerprint density at radius 3 is 2.88 bits per heavy atom. The minimum Gasteiger partial charge on any atom is -0.504 e. The maximum Gasteiger partial charge on any atom is 0.223 e. The Labute approximate surface area is 156 Å². The van der Waals surface area contributed by atoms with Gasteiger partial charge < -0.3 is 14.4 Å². The molecule has 1 aromatic heterocycles. The van der Waals surface area contributed by atoms with E-state index in [1.54, 1.807) is 13.0 Å². The summed E-state index contributed by atoms with van der Waals surface area (Å²) in [5.41, 5.74) is 2.75. The average Bonchev–Trinajstić information content (AvgIpc) is 2.89. The van der Waals surface area contributed by atoms with Crippen LogP contribution in [-0.2, 0) is 13.1 Å². The van der Waals surface area contributed by atoms with E-state index in [2.05, 4.69) is 15.0 Å². The van der Waals surface area contributed by atoms with Crippen LogP contribution in [0.1, 0.15) is 17.3 Å². The van der Waals surface area contributed by atoms with E-state index >= 15 is 0 Å². The summed E-state index contributed by atoms with van der Waals surface area (Å²) in [4.78, 5) is 6.42. The molecule has 2 heterocycles. The van der Waals surface area contributed by atoms with Crippen LogP contribution in [-0.4, -0.2) is 33.3 Å². The van der Waals surface area contributed by atoms with Crippen LogP contribution in [0.25, 0.3) is 11.1 Å². The molecule has 0 fully saturated rings. The summed E-state index contributed by atoms with van der Waals surface area (Å²) in [6, 6.07) is 11.3. The first-order chi connectivity index (χ1) is 12.6. The number of aryl methyl sites for hydroxylation is 1. The Bertz CT molecular complexity index is 942. The minimum atomic E-state index is 0.134. The zero-order chi connectivity index (χ0) is 18.1. The second-order valence-corrected chi connectivity index (χ2v) is 6.72. The highest BCUT2D eigenvalue weighted by atomic mass is 35.5. The maximum atomic E-state index is 10.5. The lowest BCUT2D eigenvalue weighted by Crippen LogP contribution is -2.25. The molecule has 26 heavy (non-hydrogen) atoms. The van der Waals surface area contributed by atoms with Gasteiger partial charge in [-0.05, 0) is 35.4 Å². The molecule has 0 bridgehead atoms. The Morgan fingerprint density at radius 2 is 2.12 bits per heavy atom. The van der Waals surface area contributed by atoms with Crippen LogP contribution in [0.4, 0.5) is 0 Å². The second-order valence-electron chi connectivity index (χ2n) is 6.28. The van der Waals surface area contributed by atoms with Crippen LogP contribution in [0.15, 0.2) is 40.9 Å². The number of halogens is 1. The summed E-state index contributed by atoms with van der Waals surface area (Å²) < 4.78 is 10.8. The number of benzene rings is 2. The molecule has 0 atom stereocenters. The van der Waals surface area contributed by atoms with E-state index in [4.69, 9.17) is 20.9 Å². The highest BCUT2D eigenvalue weighted by Gasteiger charge is 2.21. The van der Waals surface area contributed by atoms with Crippen molar-refractivity contribution in [3.05, 3.63) is 58.7 Å². The van der Waals surface area contributed by atoms with Crippen molar-refractivity contribution < 1.29 is 14.4 Å². The van der Waals surface area contributed by atoms with Gasteiger partial charge in [-0.3, -0.25) is 4.90 Å². The average molecular weight is 372 g/mol. The SMILES string of the molecule is Cc1nc(CN2CCOc3c(O)cc(-c4cccc(Cl)c4)cc3C2)no1. The largest absolute Gasteiger partial charge is 0.504 e. The third kappa shape index (κ3) is 3.52. The first-order valence-electron chi connectivity index (χ1n) is 8.34. The van der Waals surface area contributed by atoms with Crippen molar-refractivity contribution >= 4 is 11.6 Å². The Hall–Kier alpha value is -2.57. The number of fused-ring (bicyclic) bond motifs is 1. The molecule has 4 rings (SSSR count). The summed E-state index contributed by atoms with van der Waals surface area (Å²) in [7, 11) is 0. The van der Waals surface area contributed by atoms with Gasteiger partial charge in [-0.25, -0.2) is 0 Å². The lowest BCUT2D eigenvalue weighted by atomic mass is 10.0. The molecule has 1 N–H and O–H groups in total. The number of rotatable bonds is 3. The molecule has 0 saturated carbocycles. The molecular weight excluding hydrogens is 354 g/mol. The third-order valence-electron chi connectivity index (χ3n) is 4.29. The number of hydrogen-bond donors (Lipinski definition) is 1. The van der Waals surface area contributed by atoms with Gasteiger partial charge in [0, 0.05) is 30.6 Å². The lowest BCUT2D eigenvalue weighted by Gasteiger charge is -2.17. The summed E-state index contributed by atoms with van der Waals surface area (Å²) in [5.74, 6) is 1.85. The van der Waals surface area contributed by atoms with Gasteiger partial charge in [-0.15, -0.1) is 0 Å². The monoisotopic (exact) mass is 371 g/mol. The van der Waals surface area contributed by atoms with Crippen LogP contribution < -0.4 is 4.74 Å². The van der Waals surface area contributed by atoms with Crippen molar-refractivity contribution in [1.82, 2.24) is 15.0 Å². The standard InChI is InChI=1S/C19H18ClN3O3/c1-12-21-18(22-26-12)11-23-5-6-25-19-15(10-23)7-14(9-17(19)24)13-3-2-4-16(20)8-13/h2-4,7-9,24H,5-6,10-11H2,1H3. The Kier molecular flexibility index (Phi) is 4.53. The van der Waals surface area contributed by atoms with Crippen LogP contribution in [0, 0.1) is 6.92 Å². The van der Waals surface area contributed by atoms with E-state index in [0.29, 0.717) is 48.7 Å². The normalized spacial score (nSPS) is 14.5. The predicted octanol–water partition coefficient (Wildman–Crippen LogP) is 3.80. The summed E-state index contributed by atoms with van der Waals surface area (Å²) in [6.45, 7) is 4.13. The zero-order valence-corrected chi connectivity index (χ0v) is 15.0. The summed E-state index contributed by atoms with van der Waals surface area (Å²) in [6.07, 6.45) is 0. The fourth-order valence-electron chi connectivity index (χ4n) is 3.13. The first kappa shape index (κ1) is 16.9. The van der Waals surface area contributed by atoms with E-state index < -0.39 is 0 Å². The van der Waals surface area contributed by atoms with Crippen molar-refractivity contribution in [3.8, 4) is 22.6 Å². The highest BCUT2D eigenvalue weighted by molar-refractivity contribution is 6.30. The molecule has 0 spiro atoms. The van der Waals surface area contributed by atoms with Crippen LogP contribution in [0.5, 0.6) is 11.5 Å². The third-order valence-corrected chi connectivity index (χ3v) is 4.52. The van der Waals surface area contributed by atoms with E-state index in [9.17, 15) is 5.11 Å². The fourth-order valence-corrected chi connectivity index (χ4v) is 3.32. The number of ether oxygens (including phenoxy) is 1. The number of nitrogens with zero attached hydrogens (tertiary/aromatic N) is 3. The first-order valence-corrected chi connectivity index (χ1v) is 8.72. The number of aromatic nitrogens is 2. The highest BCUT2D eigenvalue weighted by Crippen LogP contribution is 2.38. The van der Waals surface area contributed by atoms with Crippen molar-refractivity contribution in [1.29, 1.82) is 0 Å². The number of phenols is 1. The van der Waals surface area contributed by atoms with Gasteiger partial charge in [0.05, 0.1) is 6.54 Å². The molecule has 1 aliphatic rings. The molecule has 3 aromatic rings. The topological polar surface area (TPSA) is 71.6 Å². The molecule has 0 unspecified atom stereocenters. The van der Waals surface area contributed by atoms with Crippen molar-refractivity contribution in [2.24, 2.45) is 0 Å². The predicted molar refractivity (Wildman–Crippen MR) is 97.2 cm³/mol. The Balaban J connectivity index is 1.65. The second kappa shape index (κ2) is 6.97. The summed E-state index contributed by atoms with van der Waals surface area (Å²) in [5, 5.41) is 15.1. The van der Waals surface area contributed by atoms with Crippen molar-refractivity contribution in [2.45, 2.75) is 20.0 Å². The molecule has 7 heteroatoms. The number of phenolic OH excluding ortho intramolecular Hbond substituents is 1. The van der Waals surface area contributed by atoms with Crippen molar-refractivity contribution in [2.75, 3.05) is 13.2 Å².